The number of ether oxygens (including phenoxy) is 5. The third-order valence-corrected chi connectivity index (χ3v) is 7.30. The van der Waals surface area contributed by atoms with Crippen LogP contribution in [0.15, 0.2) is 11.8 Å². The Labute approximate surface area is 227 Å². The van der Waals surface area contributed by atoms with Crippen molar-refractivity contribution in [1.82, 2.24) is 0 Å². The molecule has 19 heteroatoms. The van der Waals surface area contributed by atoms with Crippen molar-refractivity contribution in [2.45, 2.75) is 74.4 Å². The highest BCUT2D eigenvalue weighted by molar-refractivity contribution is 7.80. The summed E-state index contributed by atoms with van der Waals surface area (Å²) in [4.78, 5) is 11.2. The Morgan fingerprint density at radius 1 is 0.925 bits per heavy atom. The highest BCUT2D eigenvalue weighted by Crippen LogP contribution is 2.33. The van der Waals surface area contributed by atoms with Crippen molar-refractivity contribution in [3.8, 4) is 0 Å². The Balaban J connectivity index is 1.67. The van der Waals surface area contributed by atoms with Gasteiger partial charge in [-0.05, 0) is 13.0 Å². The predicted octanol–water partition coefficient (Wildman–Crippen LogP) is -4.93. The number of carbonyl (C=O) groups is 1. The second kappa shape index (κ2) is 13.6. The van der Waals surface area contributed by atoms with E-state index >= 15 is 0 Å². The molecule has 2 saturated heterocycles. The minimum Gasteiger partial charge on any atom is -0.475 e. The standard InChI is InChI=1S/C21H34O18S/c1-7-14(24)18(39-40(31,32)33)17(27)13(36-7)6-34-4-8-9(20(30)37-12(3-22)15(8)25)5-35-21-16(26)10(23)2-11(38-21)19(28)29/h2,7-10,12-18,20-27,30H,3-6H2,1H3,(H,28,29)(H,31,32,33)/t7?,8?,9?,10?,12?,13-,14-,15+,16?,17?,18?,20?,21+/m0/s1. The van der Waals surface area contributed by atoms with Crippen LogP contribution in [0, 0.1) is 11.8 Å². The van der Waals surface area contributed by atoms with Crippen molar-refractivity contribution >= 4 is 16.4 Å². The van der Waals surface area contributed by atoms with Gasteiger partial charge in [0.05, 0.1) is 38.6 Å². The van der Waals surface area contributed by atoms with Crippen LogP contribution in [0.25, 0.3) is 0 Å². The zero-order valence-electron chi connectivity index (χ0n) is 21.0. The third kappa shape index (κ3) is 7.83. The lowest BCUT2D eigenvalue weighted by Crippen LogP contribution is -2.59. The van der Waals surface area contributed by atoms with E-state index in [1.807, 2.05) is 0 Å². The molecule has 0 spiro atoms. The molecule has 0 aromatic heterocycles. The fourth-order valence-corrected chi connectivity index (χ4v) is 5.13. The smallest absolute Gasteiger partial charge is 0.397 e. The molecule has 0 aromatic rings. The van der Waals surface area contributed by atoms with E-state index < -0.39 is 128 Å². The van der Waals surface area contributed by atoms with Crippen LogP contribution < -0.4 is 0 Å². The largest absolute Gasteiger partial charge is 0.475 e. The first-order valence-corrected chi connectivity index (χ1v) is 13.5. The Kier molecular flexibility index (Phi) is 11.2. The van der Waals surface area contributed by atoms with E-state index in [-0.39, 0.29) is 0 Å². The van der Waals surface area contributed by atoms with E-state index in [0.29, 0.717) is 0 Å². The SMILES string of the molecule is CC1O[C@@H](COCC2C(CO[C@@H]3OC(C(=O)O)=CC(O)C3O)C(O)OC(CO)[C@@H]2O)C(O)C(OS(=O)(=O)O)[C@H]1O. The van der Waals surface area contributed by atoms with Crippen molar-refractivity contribution < 1.29 is 86.5 Å². The molecule has 2 fully saturated rings. The van der Waals surface area contributed by atoms with Gasteiger partial charge in [0.1, 0.15) is 42.7 Å². The normalized spacial score (nSPS) is 42.6. The van der Waals surface area contributed by atoms with E-state index in [4.69, 9.17) is 33.3 Å². The lowest BCUT2D eigenvalue weighted by Gasteiger charge is -2.44. The molecule has 3 rings (SSSR count). The van der Waals surface area contributed by atoms with E-state index in [1.54, 1.807) is 0 Å². The van der Waals surface area contributed by atoms with Gasteiger partial charge >= 0.3 is 16.4 Å². The summed E-state index contributed by atoms with van der Waals surface area (Å²) in [6.07, 6.45) is -16.1. The Hall–Kier alpha value is -1.56. The van der Waals surface area contributed by atoms with Gasteiger partial charge in [0.15, 0.2) is 6.29 Å². The summed E-state index contributed by atoms with van der Waals surface area (Å²) in [5.74, 6) is -4.40. The maximum Gasteiger partial charge on any atom is 0.397 e. The predicted molar refractivity (Wildman–Crippen MR) is 123 cm³/mol. The van der Waals surface area contributed by atoms with Gasteiger partial charge in [0.25, 0.3) is 0 Å². The Bertz CT molecular complexity index is 990. The zero-order valence-corrected chi connectivity index (χ0v) is 21.8. The molecule has 0 saturated carbocycles. The van der Waals surface area contributed by atoms with Crippen LogP contribution in [0.1, 0.15) is 6.92 Å². The highest BCUT2D eigenvalue weighted by atomic mass is 32.3. The molecule has 18 nitrogen and oxygen atoms in total. The van der Waals surface area contributed by atoms with Crippen molar-refractivity contribution in [1.29, 1.82) is 0 Å². The molecular formula is C21H34O18S. The number of aliphatic hydroxyl groups is 7. The summed E-state index contributed by atoms with van der Waals surface area (Å²) in [6, 6.07) is 0. The van der Waals surface area contributed by atoms with Crippen molar-refractivity contribution in [2.24, 2.45) is 11.8 Å². The molecule has 0 radical (unpaired) electrons. The average molecular weight is 607 g/mol. The highest BCUT2D eigenvalue weighted by Gasteiger charge is 2.48. The van der Waals surface area contributed by atoms with Gasteiger partial charge in [-0.3, -0.25) is 4.55 Å². The molecule has 3 heterocycles. The first-order chi connectivity index (χ1) is 18.6. The van der Waals surface area contributed by atoms with Crippen molar-refractivity contribution in [3.63, 3.8) is 0 Å². The van der Waals surface area contributed by atoms with Gasteiger partial charge in [0, 0.05) is 11.8 Å². The third-order valence-electron chi connectivity index (χ3n) is 6.84. The van der Waals surface area contributed by atoms with E-state index in [2.05, 4.69) is 4.18 Å². The molecule has 13 atom stereocenters. The molecule has 9 N–H and O–H groups in total. The molecule has 232 valence electrons. The van der Waals surface area contributed by atoms with Crippen LogP contribution in [0.2, 0.25) is 0 Å². The van der Waals surface area contributed by atoms with Crippen LogP contribution in [0.4, 0.5) is 0 Å². The minimum absolute atomic E-state index is 0.392. The summed E-state index contributed by atoms with van der Waals surface area (Å²) < 4.78 is 62.2. The lowest BCUT2D eigenvalue weighted by molar-refractivity contribution is -0.286. The number of carboxylic acid groups (broad SMARTS) is 1. The first kappa shape index (κ1) is 32.9. The number of hydrogen-bond acceptors (Lipinski definition) is 16. The minimum atomic E-state index is -5.04. The van der Waals surface area contributed by atoms with Gasteiger partial charge in [-0.15, -0.1) is 0 Å². The second-order valence-corrected chi connectivity index (χ2v) is 10.6. The molecule has 9 unspecified atom stereocenters. The molecular weight excluding hydrogens is 572 g/mol. The van der Waals surface area contributed by atoms with Crippen LogP contribution in [-0.2, 0) is 43.1 Å². The molecule has 40 heavy (non-hydrogen) atoms. The number of hydrogen-bond donors (Lipinski definition) is 9. The van der Waals surface area contributed by atoms with Gasteiger partial charge < -0.3 is 64.5 Å². The van der Waals surface area contributed by atoms with E-state index in [0.717, 1.165) is 6.08 Å². The van der Waals surface area contributed by atoms with Crippen molar-refractivity contribution in [2.75, 3.05) is 26.4 Å². The summed E-state index contributed by atoms with van der Waals surface area (Å²) >= 11 is 0. The van der Waals surface area contributed by atoms with Gasteiger partial charge in [0.2, 0.25) is 12.0 Å². The zero-order chi connectivity index (χ0) is 29.9. The first-order valence-electron chi connectivity index (χ1n) is 12.1. The van der Waals surface area contributed by atoms with Crippen molar-refractivity contribution in [3.05, 3.63) is 11.8 Å². The molecule has 0 amide bonds. The quantitative estimate of drug-likeness (QED) is 0.0995. The molecule has 0 bridgehead atoms. The summed E-state index contributed by atoms with van der Waals surface area (Å²) in [5, 5.41) is 80.4. The Morgan fingerprint density at radius 2 is 1.60 bits per heavy atom. The van der Waals surface area contributed by atoms with Gasteiger partial charge in [-0.1, -0.05) is 0 Å². The van der Waals surface area contributed by atoms with Crippen LogP contribution in [0.3, 0.4) is 0 Å². The maximum absolute atomic E-state index is 11.2. The number of rotatable bonds is 11. The topological polar surface area (TPSA) is 289 Å². The van der Waals surface area contributed by atoms with Crippen LogP contribution in [0.5, 0.6) is 0 Å². The lowest BCUT2D eigenvalue weighted by atomic mass is 9.83. The number of aliphatic hydroxyl groups excluding tert-OH is 7. The number of aliphatic carboxylic acids is 1. The molecule has 0 aliphatic carbocycles. The van der Waals surface area contributed by atoms with Gasteiger partial charge in [-0.25, -0.2) is 8.98 Å². The summed E-state index contributed by atoms with van der Waals surface area (Å²) in [7, 11) is -5.04. The molecule has 3 aliphatic heterocycles. The fourth-order valence-electron chi connectivity index (χ4n) is 4.62. The van der Waals surface area contributed by atoms with E-state index in [1.165, 1.54) is 6.92 Å². The average Bonchev–Trinajstić information content (AvgIpc) is 2.87. The molecule has 0 aromatic carbocycles. The molecule has 3 aliphatic rings. The van der Waals surface area contributed by atoms with Crippen LogP contribution in [-0.4, -0.2) is 154 Å². The summed E-state index contributed by atoms with van der Waals surface area (Å²) in [6.45, 7) is -0.714. The Morgan fingerprint density at radius 3 is 2.20 bits per heavy atom. The second-order valence-electron chi connectivity index (χ2n) is 9.59. The van der Waals surface area contributed by atoms with Gasteiger partial charge in [-0.2, -0.15) is 8.42 Å². The number of carboxylic acids is 1. The maximum atomic E-state index is 11.2. The monoisotopic (exact) mass is 606 g/mol. The fraction of sp³-hybridized carbons (Fsp3) is 0.857. The van der Waals surface area contributed by atoms with Crippen LogP contribution >= 0.6 is 0 Å². The summed E-state index contributed by atoms with van der Waals surface area (Å²) in [5.41, 5.74) is 0. The van der Waals surface area contributed by atoms with E-state index in [9.17, 15) is 49.0 Å².